The van der Waals surface area contributed by atoms with E-state index in [4.69, 9.17) is 0 Å². The van der Waals surface area contributed by atoms with Gasteiger partial charge in [-0.15, -0.1) is 0 Å². The maximum Gasteiger partial charge on any atom is 0.214 e. The van der Waals surface area contributed by atoms with Gasteiger partial charge in [-0.25, -0.2) is 8.42 Å². The van der Waals surface area contributed by atoms with Gasteiger partial charge in [-0.1, -0.05) is 20.8 Å². The average Bonchev–Trinajstić information content (AvgIpc) is 2.11. The predicted octanol–water partition coefficient (Wildman–Crippen LogP) is 0.751. The number of nitrogens with zero attached hydrogens (tertiary/aromatic N) is 2. The first-order chi connectivity index (χ1) is 8.39. The van der Waals surface area contributed by atoms with E-state index in [0.717, 1.165) is 0 Å². The lowest BCUT2D eigenvalue weighted by atomic mass is 10.0. The minimum absolute atomic E-state index is 0.186. The zero-order valence-corrected chi connectivity index (χ0v) is 13.6. The molecule has 0 radical (unpaired) electrons. The van der Waals surface area contributed by atoms with Gasteiger partial charge in [0.15, 0.2) is 0 Å². The number of β-amino-alcohol motifs (C(OH)–C–C–N with tert-alkyl or cyclic N) is 1. The number of aliphatic hydroxyl groups is 1. The van der Waals surface area contributed by atoms with Gasteiger partial charge in [0.1, 0.15) is 0 Å². The van der Waals surface area contributed by atoms with E-state index in [1.165, 1.54) is 0 Å². The zero-order chi connectivity index (χ0) is 14.9. The molecule has 1 saturated heterocycles. The van der Waals surface area contributed by atoms with Crippen LogP contribution in [0, 0.1) is 5.41 Å². The molecule has 0 aromatic carbocycles. The maximum atomic E-state index is 12.3. The van der Waals surface area contributed by atoms with Crippen LogP contribution in [0.25, 0.3) is 0 Å². The Bertz CT molecular complexity index is 385. The highest BCUT2D eigenvalue weighted by Gasteiger charge is 2.31. The van der Waals surface area contributed by atoms with Crippen LogP contribution in [0.4, 0.5) is 0 Å². The quantitative estimate of drug-likeness (QED) is 0.831. The monoisotopic (exact) mass is 292 g/mol. The Morgan fingerprint density at radius 1 is 1.00 bits per heavy atom. The highest BCUT2D eigenvalue weighted by Crippen LogP contribution is 2.20. The SMILES string of the molecule is CC(C)(C)CS(=O)(=O)N1CCN(CC(C)(C)O)CC1. The largest absolute Gasteiger partial charge is 0.389 e. The van der Waals surface area contributed by atoms with Crippen molar-refractivity contribution in [2.75, 3.05) is 38.5 Å². The molecule has 0 spiro atoms. The van der Waals surface area contributed by atoms with Crippen LogP contribution in [0.15, 0.2) is 0 Å². The number of hydrogen-bond donors (Lipinski definition) is 1. The highest BCUT2D eigenvalue weighted by atomic mass is 32.2. The Morgan fingerprint density at radius 2 is 1.47 bits per heavy atom. The Kier molecular flexibility index (Phi) is 5.04. The van der Waals surface area contributed by atoms with Crippen LogP contribution in [0.3, 0.4) is 0 Å². The molecule has 0 atom stereocenters. The summed E-state index contributed by atoms with van der Waals surface area (Å²) in [5, 5.41) is 9.77. The van der Waals surface area contributed by atoms with Gasteiger partial charge in [0.25, 0.3) is 0 Å². The van der Waals surface area contributed by atoms with Crippen molar-refractivity contribution in [1.29, 1.82) is 0 Å². The fourth-order valence-electron chi connectivity index (χ4n) is 2.35. The summed E-state index contributed by atoms with van der Waals surface area (Å²) in [6.45, 7) is 12.4. The lowest BCUT2D eigenvalue weighted by molar-refractivity contribution is 0.0262. The Morgan fingerprint density at radius 3 is 1.84 bits per heavy atom. The van der Waals surface area contributed by atoms with Crippen LogP contribution in [-0.2, 0) is 10.0 Å². The molecule has 19 heavy (non-hydrogen) atoms. The second-order valence-electron chi connectivity index (χ2n) is 7.30. The second kappa shape index (κ2) is 5.68. The maximum absolute atomic E-state index is 12.3. The standard InChI is InChI=1S/C13H28N2O3S/c1-12(2,3)11-19(17,18)15-8-6-14(7-9-15)10-13(4,5)16/h16H,6-11H2,1-5H3. The first-order valence-electron chi connectivity index (χ1n) is 6.82. The Balaban J connectivity index is 2.54. The van der Waals surface area contributed by atoms with Gasteiger partial charge in [-0.2, -0.15) is 4.31 Å². The second-order valence-corrected chi connectivity index (χ2v) is 9.27. The first-order valence-corrected chi connectivity index (χ1v) is 8.43. The van der Waals surface area contributed by atoms with E-state index in [1.54, 1.807) is 18.2 Å². The summed E-state index contributed by atoms with van der Waals surface area (Å²) in [7, 11) is -3.16. The van der Waals surface area contributed by atoms with Crippen molar-refractivity contribution >= 4 is 10.0 Å². The van der Waals surface area contributed by atoms with Crippen LogP contribution in [0.2, 0.25) is 0 Å². The molecule has 1 rings (SSSR count). The normalized spacial score (nSPS) is 20.7. The van der Waals surface area contributed by atoms with E-state index in [9.17, 15) is 13.5 Å². The molecule has 5 nitrogen and oxygen atoms in total. The Hall–Kier alpha value is -0.170. The highest BCUT2D eigenvalue weighted by molar-refractivity contribution is 7.89. The number of sulfonamides is 1. The van der Waals surface area contributed by atoms with Crippen molar-refractivity contribution in [3.8, 4) is 0 Å². The van der Waals surface area contributed by atoms with Gasteiger partial charge < -0.3 is 5.11 Å². The molecule has 114 valence electrons. The van der Waals surface area contributed by atoms with E-state index in [0.29, 0.717) is 32.7 Å². The molecule has 0 amide bonds. The summed E-state index contributed by atoms with van der Waals surface area (Å²) >= 11 is 0. The van der Waals surface area contributed by atoms with Crippen molar-refractivity contribution in [1.82, 2.24) is 9.21 Å². The molecule has 1 heterocycles. The summed E-state index contributed by atoms with van der Waals surface area (Å²) in [4.78, 5) is 2.11. The smallest absolute Gasteiger partial charge is 0.214 e. The van der Waals surface area contributed by atoms with Crippen molar-refractivity contribution < 1.29 is 13.5 Å². The molecule has 0 unspecified atom stereocenters. The van der Waals surface area contributed by atoms with E-state index in [1.807, 2.05) is 20.8 Å². The van der Waals surface area contributed by atoms with E-state index in [-0.39, 0.29) is 11.2 Å². The van der Waals surface area contributed by atoms with Gasteiger partial charge in [-0.3, -0.25) is 4.90 Å². The summed E-state index contributed by atoms with van der Waals surface area (Å²) in [6.07, 6.45) is 0. The van der Waals surface area contributed by atoms with E-state index in [2.05, 4.69) is 4.90 Å². The minimum Gasteiger partial charge on any atom is -0.389 e. The molecule has 0 saturated carbocycles. The fraction of sp³-hybridized carbons (Fsp3) is 1.00. The first kappa shape index (κ1) is 16.9. The molecule has 1 fully saturated rings. The van der Waals surface area contributed by atoms with Crippen LogP contribution < -0.4 is 0 Å². The summed E-state index contributed by atoms with van der Waals surface area (Å²) in [6, 6.07) is 0. The molecule has 1 aliphatic heterocycles. The fourth-order valence-corrected chi connectivity index (χ4v) is 4.35. The molecule has 6 heteroatoms. The van der Waals surface area contributed by atoms with Crippen molar-refractivity contribution in [2.45, 2.75) is 40.2 Å². The lowest BCUT2D eigenvalue weighted by Gasteiger charge is -2.37. The number of hydrogen-bond acceptors (Lipinski definition) is 4. The van der Waals surface area contributed by atoms with Gasteiger partial charge in [0, 0.05) is 32.7 Å². The Labute approximate surface area is 117 Å². The van der Waals surface area contributed by atoms with Gasteiger partial charge in [-0.05, 0) is 19.3 Å². The van der Waals surface area contributed by atoms with E-state index >= 15 is 0 Å². The number of rotatable bonds is 4. The van der Waals surface area contributed by atoms with Gasteiger partial charge in [0.05, 0.1) is 11.4 Å². The predicted molar refractivity (Wildman–Crippen MR) is 77.6 cm³/mol. The molecular weight excluding hydrogens is 264 g/mol. The molecule has 0 aromatic heterocycles. The van der Waals surface area contributed by atoms with Crippen molar-refractivity contribution in [3.05, 3.63) is 0 Å². The average molecular weight is 292 g/mol. The van der Waals surface area contributed by atoms with Crippen LogP contribution >= 0.6 is 0 Å². The number of piperazine rings is 1. The molecule has 0 aliphatic carbocycles. The topological polar surface area (TPSA) is 60.9 Å². The van der Waals surface area contributed by atoms with Crippen molar-refractivity contribution in [3.63, 3.8) is 0 Å². The van der Waals surface area contributed by atoms with Crippen LogP contribution in [0.5, 0.6) is 0 Å². The third-order valence-corrected chi connectivity index (χ3v) is 5.33. The summed E-state index contributed by atoms with van der Waals surface area (Å²) in [5.74, 6) is 0.186. The van der Waals surface area contributed by atoms with Crippen molar-refractivity contribution in [2.24, 2.45) is 5.41 Å². The lowest BCUT2D eigenvalue weighted by Crippen LogP contribution is -2.52. The summed E-state index contributed by atoms with van der Waals surface area (Å²) in [5.41, 5.74) is -0.949. The minimum atomic E-state index is -3.16. The van der Waals surface area contributed by atoms with Gasteiger partial charge in [0.2, 0.25) is 10.0 Å². The molecular formula is C13H28N2O3S. The molecule has 1 N–H and O–H groups in total. The van der Waals surface area contributed by atoms with Crippen LogP contribution in [-0.4, -0.2) is 66.8 Å². The molecule has 0 bridgehead atoms. The summed E-state index contributed by atoms with van der Waals surface area (Å²) < 4.78 is 26.1. The zero-order valence-electron chi connectivity index (χ0n) is 12.8. The van der Waals surface area contributed by atoms with Crippen LogP contribution in [0.1, 0.15) is 34.6 Å². The molecule has 1 aliphatic rings. The van der Waals surface area contributed by atoms with Gasteiger partial charge >= 0.3 is 0 Å². The van der Waals surface area contributed by atoms with E-state index < -0.39 is 15.6 Å². The third-order valence-electron chi connectivity index (χ3n) is 2.95. The molecule has 0 aromatic rings. The third kappa shape index (κ3) is 6.21.